The first-order chi connectivity index (χ1) is 7.44. The van der Waals surface area contributed by atoms with E-state index in [0.29, 0.717) is 5.92 Å². The van der Waals surface area contributed by atoms with Crippen LogP contribution in [0.1, 0.15) is 53.9 Å². The maximum atomic E-state index is 5.79. The van der Waals surface area contributed by atoms with E-state index >= 15 is 0 Å². The monoisotopic (exact) mass is 222 g/mol. The van der Waals surface area contributed by atoms with E-state index in [1.54, 1.807) is 0 Å². The molecule has 1 heterocycles. The Bertz CT molecular complexity index is 280. The van der Waals surface area contributed by atoms with Crippen LogP contribution in [0.3, 0.4) is 0 Å². The Hall–Kier alpha value is -0.560. The molecule has 16 heavy (non-hydrogen) atoms. The highest BCUT2D eigenvalue weighted by atomic mass is 16.5. The van der Waals surface area contributed by atoms with Crippen LogP contribution in [0.15, 0.2) is 23.3 Å². The van der Waals surface area contributed by atoms with Crippen molar-refractivity contribution in [3.63, 3.8) is 0 Å². The molecule has 1 rings (SSSR count). The van der Waals surface area contributed by atoms with Crippen molar-refractivity contribution in [2.75, 3.05) is 6.61 Å². The summed E-state index contributed by atoms with van der Waals surface area (Å²) in [5, 5.41) is 0. The third-order valence-electron chi connectivity index (χ3n) is 3.48. The van der Waals surface area contributed by atoms with Crippen LogP contribution in [-0.4, -0.2) is 12.2 Å². The van der Waals surface area contributed by atoms with Crippen molar-refractivity contribution < 1.29 is 4.74 Å². The van der Waals surface area contributed by atoms with Crippen LogP contribution in [0.25, 0.3) is 0 Å². The Labute approximate surface area is 101 Å². The summed E-state index contributed by atoms with van der Waals surface area (Å²) >= 11 is 0. The van der Waals surface area contributed by atoms with Gasteiger partial charge in [-0.3, -0.25) is 0 Å². The largest absolute Gasteiger partial charge is 0.374 e. The van der Waals surface area contributed by atoms with Gasteiger partial charge in [0.1, 0.15) is 0 Å². The van der Waals surface area contributed by atoms with E-state index in [9.17, 15) is 0 Å². The molecule has 0 aromatic heterocycles. The van der Waals surface area contributed by atoms with E-state index in [2.05, 4.69) is 46.8 Å². The molecule has 0 radical (unpaired) electrons. The SMILES string of the molecule is CC(C)=CCC[C@]1(C)OC[C@H]1CC=C(C)C. The lowest BCUT2D eigenvalue weighted by Crippen LogP contribution is -2.50. The normalized spacial score (nSPS) is 28.2. The first kappa shape index (κ1) is 13.5. The summed E-state index contributed by atoms with van der Waals surface area (Å²) in [6.45, 7) is 11.9. The van der Waals surface area contributed by atoms with Crippen LogP contribution in [0, 0.1) is 5.92 Å². The average molecular weight is 222 g/mol. The first-order valence-electron chi connectivity index (χ1n) is 6.35. The van der Waals surface area contributed by atoms with Crippen molar-refractivity contribution in [3.05, 3.63) is 23.3 Å². The summed E-state index contributed by atoms with van der Waals surface area (Å²) in [6.07, 6.45) is 8.12. The Morgan fingerprint density at radius 2 is 1.81 bits per heavy atom. The highest BCUT2D eigenvalue weighted by Gasteiger charge is 2.42. The van der Waals surface area contributed by atoms with Gasteiger partial charge >= 0.3 is 0 Å². The van der Waals surface area contributed by atoms with E-state index in [4.69, 9.17) is 4.74 Å². The summed E-state index contributed by atoms with van der Waals surface area (Å²) in [6, 6.07) is 0. The molecule has 1 aliphatic rings. The number of ether oxygens (including phenoxy) is 1. The van der Waals surface area contributed by atoms with Crippen LogP contribution in [-0.2, 0) is 4.74 Å². The van der Waals surface area contributed by atoms with Gasteiger partial charge in [0.25, 0.3) is 0 Å². The molecule has 1 aliphatic heterocycles. The van der Waals surface area contributed by atoms with Crippen molar-refractivity contribution in [2.45, 2.75) is 59.5 Å². The smallest absolute Gasteiger partial charge is 0.0710 e. The summed E-state index contributed by atoms with van der Waals surface area (Å²) in [5.74, 6) is 0.716. The minimum Gasteiger partial charge on any atom is -0.374 e. The van der Waals surface area contributed by atoms with Gasteiger partial charge in [-0.1, -0.05) is 23.3 Å². The zero-order valence-corrected chi connectivity index (χ0v) is 11.5. The highest BCUT2D eigenvalue weighted by molar-refractivity contribution is 5.02. The zero-order chi connectivity index (χ0) is 12.2. The number of hydrogen-bond acceptors (Lipinski definition) is 1. The quantitative estimate of drug-likeness (QED) is 0.623. The van der Waals surface area contributed by atoms with Gasteiger partial charge < -0.3 is 4.74 Å². The van der Waals surface area contributed by atoms with Crippen molar-refractivity contribution >= 4 is 0 Å². The highest BCUT2D eigenvalue weighted by Crippen LogP contribution is 2.39. The fraction of sp³-hybridized carbons (Fsp3) is 0.733. The molecular weight excluding hydrogens is 196 g/mol. The lowest BCUT2D eigenvalue weighted by atomic mass is 9.78. The van der Waals surface area contributed by atoms with Crippen LogP contribution in [0.5, 0.6) is 0 Å². The lowest BCUT2D eigenvalue weighted by Gasteiger charge is -2.47. The molecule has 92 valence electrons. The average Bonchev–Trinajstić information content (AvgIpc) is 2.15. The van der Waals surface area contributed by atoms with Gasteiger partial charge in [-0.15, -0.1) is 0 Å². The maximum Gasteiger partial charge on any atom is 0.0710 e. The molecule has 0 amide bonds. The third kappa shape index (κ3) is 3.79. The fourth-order valence-corrected chi connectivity index (χ4v) is 2.10. The standard InChI is InChI=1S/C15H26O/c1-12(2)7-6-10-15(5)14(11-16-15)9-8-13(3)4/h7-8,14H,6,9-11H2,1-5H3/t14-,15+/m1/s1. The van der Waals surface area contributed by atoms with Crippen LogP contribution in [0.2, 0.25) is 0 Å². The molecular formula is C15H26O. The van der Waals surface area contributed by atoms with E-state index < -0.39 is 0 Å². The van der Waals surface area contributed by atoms with Gasteiger partial charge in [-0.25, -0.2) is 0 Å². The molecule has 0 N–H and O–H groups in total. The molecule has 0 bridgehead atoms. The van der Waals surface area contributed by atoms with Crippen molar-refractivity contribution in [1.29, 1.82) is 0 Å². The van der Waals surface area contributed by atoms with E-state index in [1.165, 1.54) is 17.6 Å². The molecule has 0 aromatic carbocycles. The molecule has 0 unspecified atom stereocenters. The van der Waals surface area contributed by atoms with Crippen LogP contribution >= 0.6 is 0 Å². The number of hydrogen-bond donors (Lipinski definition) is 0. The fourth-order valence-electron chi connectivity index (χ4n) is 2.10. The molecule has 0 aromatic rings. The first-order valence-corrected chi connectivity index (χ1v) is 6.35. The molecule has 0 aliphatic carbocycles. The lowest BCUT2D eigenvalue weighted by molar-refractivity contribution is -0.194. The minimum absolute atomic E-state index is 0.123. The second-order valence-corrected chi connectivity index (χ2v) is 5.66. The van der Waals surface area contributed by atoms with E-state index in [0.717, 1.165) is 19.4 Å². The molecule has 1 saturated heterocycles. The van der Waals surface area contributed by atoms with E-state index in [1.807, 2.05) is 0 Å². The predicted molar refractivity (Wildman–Crippen MR) is 70.6 cm³/mol. The Kier molecular flexibility index (Phi) is 4.79. The zero-order valence-electron chi connectivity index (χ0n) is 11.5. The van der Waals surface area contributed by atoms with Gasteiger partial charge in [-0.2, -0.15) is 0 Å². The molecule has 1 heteroatoms. The van der Waals surface area contributed by atoms with Gasteiger partial charge in [0.15, 0.2) is 0 Å². The van der Waals surface area contributed by atoms with Crippen molar-refractivity contribution in [1.82, 2.24) is 0 Å². The number of rotatable bonds is 5. The van der Waals surface area contributed by atoms with Crippen molar-refractivity contribution in [2.24, 2.45) is 5.92 Å². The summed E-state index contributed by atoms with van der Waals surface area (Å²) in [4.78, 5) is 0. The van der Waals surface area contributed by atoms with Crippen molar-refractivity contribution in [3.8, 4) is 0 Å². The van der Waals surface area contributed by atoms with Gasteiger partial charge in [-0.05, 0) is 53.9 Å². The maximum absolute atomic E-state index is 5.79. The summed E-state index contributed by atoms with van der Waals surface area (Å²) < 4.78 is 5.79. The Morgan fingerprint density at radius 1 is 1.19 bits per heavy atom. The summed E-state index contributed by atoms with van der Waals surface area (Å²) in [7, 11) is 0. The Balaban J connectivity index is 2.39. The predicted octanol–water partition coefficient (Wildman–Crippen LogP) is 4.49. The number of allylic oxidation sites excluding steroid dienone is 4. The second-order valence-electron chi connectivity index (χ2n) is 5.66. The van der Waals surface area contributed by atoms with Crippen LogP contribution in [0.4, 0.5) is 0 Å². The topological polar surface area (TPSA) is 9.23 Å². The molecule has 1 fully saturated rings. The van der Waals surface area contributed by atoms with Crippen LogP contribution < -0.4 is 0 Å². The second kappa shape index (κ2) is 5.67. The molecule has 0 saturated carbocycles. The Morgan fingerprint density at radius 3 is 2.25 bits per heavy atom. The third-order valence-corrected chi connectivity index (χ3v) is 3.48. The molecule has 1 nitrogen and oxygen atoms in total. The molecule has 0 spiro atoms. The van der Waals surface area contributed by atoms with E-state index in [-0.39, 0.29) is 5.60 Å². The summed E-state index contributed by atoms with van der Waals surface area (Å²) in [5.41, 5.74) is 2.94. The van der Waals surface area contributed by atoms with Gasteiger partial charge in [0, 0.05) is 5.92 Å². The van der Waals surface area contributed by atoms with Gasteiger partial charge in [0.05, 0.1) is 12.2 Å². The molecule has 2 atom stereocenters. The van der Waals surface area contributed by atoms with Gasteiger partial charge in [0.2, 0.25) is 0 Å². The minimum atomic E-state index is 0.123.